The van der Waals surface area contributed by atoms with Crippen molar-refractivity contribution >= 4 is 65.0 Å². The molecule has 11 aromatic carbocycles. The van der Waals surface area contributed by atoms with Gasteiger partial charge >= 0.3 is 0 Å². The van der Waals surface area contributed by atoms with Crippen molar-refractivity contribution in [1.29, 1.82) is 0 Å². The minimum atomic E-state index is 0.689. The van der Waals surface area contributed by atoms with Crippen molar-refractivity contribution in [3.8, 4) is 61.7 Å². The van der Waals surface area contributed by atoms with Crippen molar-refractivity contribution in [1.82, 2.24) is 14.5 Å². The van der Waals surface area contributed by atoms with Crippen molar-refractivity contribution in [2.75, 3.05) is 0 Å². The Morgan fingerprint density at radius 2 is 0.877 bits per heavy atom. The zero-order valence-electron chi connectivity index (χ0n) is 35.4. The van der Waals surface area contributed by atoms with Crippen LogP contribution in [0.3, 0.4) is 0 Å². The van der Waals surface area contributed by atoms with Gasteiger partial charge in [0.1, 0.15) is 0 Å². The molecule has 0 spiro atoms. The molecule has 3 heteroatoms. The Balaban J connectivity index is 0.996. The SMILES string of the molecule is c1ccc(-c2cc3nc(-c4ccc(-n5c6cc7ccccc7cc6c6c(-c7ccc8ccc9ccccc9c8c7)cccc65)cc4)nc(-c4ccccc4)c3cc2-c2ccccc2)cc1. The van der Waals surface area contributed by atoms with E-state index in [1.54, 1.807) is 0 Å². The molecule has 0 saturated carbocycles. The Bertz CT molecular complexity index is 3970. The van der Waals surface area contributed by atoms with E-state index in [0.29, 0.717) is 5.82 Å². The number of rotatable bonds is 6. The second kappa shape index (κ2) is 15.0. The lowest BCUT2D eigenvalue weighted by Gasteiger charge is -2.16. The van der Waals surface area contributed by atoms with Crippen molar-refractivity contribution in [3.05, 3.63) is 237 Å². The van der Waals surface area contributed by atoms with Gasteiger partial charge in [-0.15, -0.1) is 0 Å². The number of hydrogen-bond donors (Lipinski definition) is 0. The van der Waals surface area contributed by atoms with Gasteiger partial charge in [-0.25, -0.2) is 9.97 Å². The van der Waals surface area contributed by atoms with E-state index in [-0.39, 0.29) is 0 Å². The van der Waals surface area contributed by atoms with E-state index in [0.717, 1.165) is 61.2 Å². The molecule has 0 aliphatic rings. The first-order chi connectivity index (χ1) is 32.2. The monoisotopic (exact) mass is 825 g/mol. The first kappa shape index (κ1) is 36.9. The first-order valence-electron chi connectivity index (χ1n) is 22.2. The van der Waals surface area contributed by atoms with Gasteiger partial charge in [-0.1, -0.05) is 176 Å². The Morgan fingerprint density at radius 3 is 1.60 bits per heavy atom. The molecule has 2 heterocycles. The first-order valence-corrected chi connectivity index (χ1v) is 22.2. The highest BCUT2D eigenvalue weighted by atomic mass is 15.0. The molecule has 0 bridgehead atoms. The largest absolute Gasteiger partial charge is 0.309 e. The Hall–Kier alpha value is -8.66. The van der Waals surface area contributed by atoms with Gasteiger partial charge in [0.2, 0.25) is 0 Å². The minimum absolute atomic E-state index is 0.689. The van der Waals surface area contributed by atoms with Gasteiger partial charge in [-0.3, -0.25) is 0 Å². The third-order valence-electron chi connectivity index (χ3n) is 13.2. The summed E-state index contributed by atoms with van der Waals surface area (Å²) in [4.78, 5) is 10.7. The van der Waals surface area contributed by atoms with E-state index in [4.69, 9.17) is 9.97 Å². The van der Waals surface area contributed by atoms with Gasteiger partial charge in [-0.2, -0.15) is 0 Å². The number of aromatic nitrogens is 3. The molecular formula is C62H39N3. The van der Waals surface area contributed by atoms with Crippen LogP contribution in [-0.2, 0) is 0 Å². The van der Waals surface area contributed by atoms with Gasteiger partial charge < -0.3 is 4.57 Å². The van der Waals surface area contributed by atoms with Crippen LogP contribution in [0.15, 0.2) is 237 Å². The smallest absolute Gasteiger partial charge is 0.160 e. The quantitative estimate of drug-likeness (QED) is 0.156. The lowest BCUT2D eigenvalue weighted by atomic mass is 9.91. The van der Waals surface area contributed by atoms with Crippen molar-refractivity contribution < 1.29 is 0 Å². The molecule has 0 atom stereocenters. The molecule has 302 valence electrons. The summed E-state index contributed by atoms with van der Waals surface area (Å²) in [5.74, 6) is 0.689. The molecule has 0 saturated heterocycles. The number of benzene rings is 11. The normalized spacial score (nSPS) is 11.7. The van der Waals surface area contributed by atoms with Crippen molar-refractivity contribution in [3.63, 3.8) is 0 Å². The standard InChI is InChI=1S/C62H39N3/c1-4-15-40(16-5-1)53-38-55-57(39-54(53)41-17-6-2-7-18-41)63-62(64-61(55)44-20-8-3-9-21-44)45-31-33-49(34-32-45)65-58-26-14-25-51(60(58)56-35-46-22-10-11-23-47(46)37-59(56)65)48-30-29-43-28-27-42-19-12-13-24-50(42)52(43)36-48/h1-39H. The maximum absolute atomic E-state index is 5.37. The van der Waals surface area contributed by atoms with E-state index in [9.17, 15) is 0 Å². The summed E-state index contributed by atoms with van der Waals surface area (Å²) >= 11 is 0. The maximum Gasteiger partial charge on any atom is 0.160 e. The van der Waals surface area contributed by atoms with E-state index < -0.39 is 0 Å². The fourth-order valence-electron chi connectivity index (χ4n) is 10.0. The Morgan fingerprint density at radius 1 is 0.292 bits per heavy atom. The highest BCUT2D eigenvalue weighted by Crippen LogP contribution is 2.43. The van der Waals surface area contributed by atoms with Crippen LogP contribution in [-0.4, -0.2) is 14.5 Å². The summed E-state index contributed by atoms with van der Waals surface area (Å²) in [6.07, 6.45) is 0. The third-order valence-corrected chi connectivity index (χ3v) is 13.2. The lowest BCUT2D eigenvalue weighted by Crippen LogP contribution is -1.98. The summed E-state index contributed by atoms with van der Waals surface area (Å²) in [6.45, 7) is 0. The highest BCUT2D eigenvalue weighted by molar-refractivity contribution is 6.19. The molecular weight excluding hydrogens is 787 g/mol. The second-order valence-electron chi connectivity index (χ2n) is 16.9. The van der Waals surface area contributed by atoms with Crippen LogP contribution in [0.4, 0.5) is 0 Å². The van der Waals surface area contributed by atoms with Crippen molar-refractivity contribution in [2.45, 2.75) is 0 Å². The van der Waals surface area contributed by atoms with Crippen LogP contribution in [0.2, 0.25) is 0 Å². The average Bonchev–Trinajstić information content (AvgIpc) is 3.71. The predicted octanol–water partition coefficient (Wildman–Crippen LogP) is 16.5. The number of hydrogen-bond acceptors (Lipinski definition) is 2. The number of nitrogens with zero attached hydrogens (tertiary/aromatic N) is 3. The van der Waals surface area contributed by atoms with Gasteiger partial charge in [0.25, 0.3) is 0 Å². The molecule has 0 amide bonds. The highest BCUT2D eigenvalue weighted by Gasteiger charge is 2.20. The van der Waals surface area contributed by atoms with Crippen LogP contribution in [0.1, 0.15) is 0 Å². The molecule has 13 rings (SSSR count). The summed E-state index contributed by atoms with van der Waals surface area (Å²) in [7, 11) is 0. The van der Waals surface area contributed by atoms with Gasteiger partial charge in [-0.05, 0) is 126 Å². The molecule has 0 radical (unpaired) electrons. The summed E-state index contributed by atoms with van der Waals surface area (Å²) in [5, 5.41) is 11.0. The van der Waals surface area contributed by atoms with Crippen LogP contribution in [0.25, 0.3) is 127 Å². The summed E-state index contributed by atoms with van der Waals surface area (Å²) < 4.78 is 2.43. The van der Waals surface area contributed by atoms with Crippen molar-refractivity contribution in [2.24, 2.45) is 0 Å². The zero-order valence-corrected chi connectivity index (χ0v) is 35.4. The maximum atomic E-state index is 5.37. The molecule has 0 fully saturated rings. The van der Waals surface area contributed by atoms with E-state index in [1.807, 2.05) is 0 Å². The van der Waals surface area contributed by atoms with Gasteiger partial charge in [0, 0.05) is 33.0 Å². The molecule has 2 aromatic heterocycles. The fraction of sp³-hybridized carbons (Fsp3) is 0. The average molecular weight is 826 g/mol. The topological polar surface area (TPSA) is 30.7 Å². The van der Waals surface area contributed by atoms with Crippen LogP contribution < -0.4 is 0 Å². The summed E-state index contributed by atoms with van der Waals surface area (Å²) in [6, 6.07) is 85.3. The fourth-order valence-corrected chi connectivity index (χ4v) is 10.0. The van der Waals surface area contributed by atoms with Crippen LogP contribution in [0.5, 0.6) is 0 Å². The summed E-state index contributed by atoms with van der Waals surface area (Å²) in [5.41, 5.74) is 14.2. The minimum Gasteiger partial charge on any atom is -0.309 e. The van der Waals surface area contributed by atoms with Crippen LogP contribution >= 0.6 is 0 Å². The van der Waals surface area contributed by atoms with E-state index in [2.05, 4.69) is 241 Å². The molecule has 65 heavy (non-hydrogen) atoms. The van der Waals surface area contributed by atoms with E-state index in [1.165, 1.54) is 59.7 Å². The molecule has 3 nitrogen and oxygen atoms in total. The molecule has 0 unspecified atom stereocenters. The second-order valence-corrected chi connectivity index (χ2v) is 16.9. The Labute approximate surface area is 376 Å². The molecule has 0 aliphatic carbocycles. The lowest BCUT2D eigenvalue weighted by molar-refractivity contribution is 1.17. The number of fused-ring (bicyclic) bond motifs is 8. The zero-order chi connectivity index (χ0) is 42.8. The van der Waals surface area contributed by atoms with Gasteiger partial charge in [0.15, 0.2) is 5.82 Å². The van der Waals surface area contributed by atoms with Gasteiger partial charge in [0.05, 0.1) is 22.2 Å². The third kappa shape index (κ3) is 6.20. The van der Waals surface area contributed by atoms with Crippen LogP contribution in [0, 0.1) is 0 Å². The molecule has 0 N–H and O–H groups in total. The molecule has 0 aliphatic heterocycles. The van der Waals surface area contributed by atoms with E-state index >= 15 is 0 Å². The Kier molecular flexibility index (Phi) is 8.53. The molecule has 13 aromatic rings. The predicted molar refractivity (Wildman–Crippen MR) is 274 cm³/mol.